The van der Waals surface area contributed by atoms with Crippen molar-refractivity contribution in [2.24, 2.45) is 5.92 Å². The third-order valence-corrected chi connectivity index (χ3v) is 5.12. The van der Waals surface area contributed by atoms with Gasteiger partial charge < -0.3 is 19.7 Å². The summed E-state index contributed by atoms with van der Waals surface area (Å²) in [5, 5.41) is 2.92. The number of carbonyl (C=O) groups excluding carboxylic acids is 2. The summed E-state index contributed by atoms with van der Waals surface area (Å²) in [6, 6.07) is 15.1. The molecule has 29 heavy (non-hydrogen) atoms. The molecule has 0 bridgehead atoms. The predicted molar refractivity (Wildman–Crippen MR) is 112 cm³/mol. The summed E-state index contributed by atoms with van der Waals surface area (Å²) in [5.41, 5.74) is 1.98. The van der Waals surface area contributed by atoms with Crippen LogP contribution < -0.4 is 14.8 Å². The molecule has 1 aliphatic rings. The van der Waals surface area contributed by atoms with Gasteiger partial charge in [-0.1, -0.05) is 26.0 Å². The first kappa shape index (κ1) is 20.7. The minimum atomic E-state index is -0.340. The fraction of sp³-hybridized carbons (Fsp3) is 0.391. The standard InChI is InChI=1S/C23H28N2O4/c1-16(2)17-4-6-19(7-5-17)24-23(27)18-14-22(26)25(15-18)12-13-29-21-10-8-20(28-3)9-11-21/h4-11,16,18H,12-15H2,1-3H3,(H,24,27). The Balaban J connectivity index is 1.46. The average Bonchev–Trinajstić information content (AvgIpc) is 3.10. The minimum Gasteiger partial charge on any atom is -0.497 e. The fourth-order valence-electron chi connectivity index (χ4n) is 3.31. The van der Waals surface area contributed by atoms with Crippen LogP contribution in [0, 0.1) is 5.92 Å². The number of hydrogen-bond acceptors (Lipinski definition) is 4. The van der Waals surface area contributed by atoms with E-state index in [1.165, 1.54) is 5.56 Å². The van der Waals surface area contributed by atoms with Crippen LogP contribution in [-0.4, -0.2) is 43.5 Å². The molecule has 3 rings (SSSR count). The number of amides is 2. The lowest BCUT2D eigenvalue weighted by molar-refractivity contribution is -0.128. The number of hydrogen-bond donors (Lipinski definition) is 1. The first-order valence-corrected chi connectivity index (χ1v) is 9.91. The Morgan fingerprint density at radius 3 is 2.38 bits per heavy atom. The zero-order valence-electron chi connectivity index (χ0n) is 17.2. The Morgan fingerprint density at radius 2 is 1.76 bits per heavy atom. The van der Waals surface area contributed by atoms with Crippen LogP contribution in [0.4, 0.5) is 5.69 Å². The maximum Gasteiger partial charge on any atom is 0.229 e. The molecule has 6 heteroatoms. The van der Waals surface area contributed by atoms with Crippen molar-refractivity contribution >= 4 is 17.5 Å². The van der Waals surface area contributed by atoms with Crippen molar-refractivity contribution in [3.8, 4) is 11.5 Å². The third kappa shape index (κ3) is 5.50. The summed E-state index contributed by atoms with van der Waals surface area (Å²) < 4.78 is 10.8. The van der Waals surface area contributed by atoms with Gasteiger partial charge in [-0.2, -0.15) is 0 Å². The molecule has 1 saturated heterocycles. The minimum absolute atomic E-state index is 0.0152. The van der Waals surface area contributed by atoms with Gasteiger partial charge in [0.2, 0.25) is 11.8 Å². The van der Waals surface area contributed by atoms with Crippen LogP contribution in [0.2, 0.25) is 0 Å². The molecule has 1 unspecified atom stereocenters. The van der Waals surface area contributed by atoms with Crippen molar-refractivity contribution in [3.63, 3.8) is 0 Å². The van der Waals surface area contributed by atoms with Gasteiger partial charge in [0.15, 0.2) is 0 Å². The van der Waals surface area contributed by atoms with E-state index in [1.54, 1.807) is 12.0 Å². The quantitative estimate of drug-likeness (QED) is 0.739. The molecular formula is C23H28N2O4. The van der Waals surface area contributed by atoms with E-state index in [1.807, 2.05) is 48.5 Å². The molecule has 0 aliphatic carbocycles. The molecule has 2 aromatic rings. The van der Waals surface area contributed by atoms with E-state index in [4.69, 9.17) is 9.47 Å². The highest BCUT2D eigenvalue weighted by Gasteiger charge is 2.34. The summed E-state index contributed by atoms with van der Waals surface area (Å²) >= 11 is 0. The number of ether oxygens (including phenoxy) is 2. The first-order chi connectivity index (χ1) is 14.0. The van der Waals surface area contributed by atoms with Crippen LogP contribution >= 0.6 is 0 Å². The Kier molecular flexibility index (Phi) is 6.75. The topological polar surface area (TPSA) is 67.9 Å². The number of likely N-dealkylation sites (tertiary alicyclic amines) is 1. The summed E-state index contributed by atoms with van der Waals surface area (Å²) in [4.78, 5) is 26.5. The number of nitrogens with one attached hydrogen (secondary N) is 1. The summed E-state index contributed by atoms with van der Waals surface area (Å²) in [6.07, 6.45) is 0.235. The molecule has 1 fully saturated rings. The van der Waals surface area contributed by atoms with Crippen LogP contribution in [0.1, 0.15) is 31.7 Å². The Hall–Kier alpha value is -3.02. The van der Waals surface area contributed by atoms with Crippen molar-refractivity contribution < 1.29 is 19.1 Å². The van der Waals surface area contributed by atoms with Crippen LogP contribution in [0.3, 0.4) is 0 Å². The van der Waals surface area contributed by atoms with Crippen molar-refractivity contribution in [2.75, 3.05) is 32.1 Å². The lowest BCUT2D eigenvalue weighted by Gasteiger charge is -2.17. The number of methoxy groups -OCH3 is 1. The van der Waals surface area contributed by atoms with Crippen LogP contribution in [-0.2, 0) is 9.59 Å². The van der Waals surface area contributed by atoms with Gasteiger partial charge >= 0.3 is 0 Å². The van der Waals surface area contributed by atoms with E-state index in [0.717, 1.165) is 17.2 Å². The Bertz CT molecular complexity index is 831. The molecule has 1 atom stereocenters. The van der Waals surface area contributed by atoms with Crippen molar-refractivity contribution in [3.05, 3.63) is 54.1 Å². The number of rotatable bonds is 8. The van der Waals surface area contributed by atoms with Gasteiger partial charge in [-0.25, -0.2) is 0 Å². The van der Waals surface area contributed by atoms with E-state index in [-0.39, 0.29) is 24.2 Å². The second kappa shape index (κ2) is 9.45. The SMILES string of the molecule is COc1ccc(OCCN2CC(C(=O)Nc3ccc(C(C)C)cc3)CC2=O)cc1. The smallest absolute Gasteiger partial charge is 0.229 e. The summed E-state index contributed by atoms with van der Waals surface area (Å²) in [5.74, 6) is 1.46. The second-order valence-electron chi connectivity index (χ2n) is 7.53. The lowest BCUT2D eigenvalue weighted by Crippen LogP contribution is -2.31. The zero-order chi connectivity index (χ0) is 20.8. The van der Waals surface area contributed by atoms with Gasteiger partial charge in [-0.15, -0.1) is 0 Å². The highest BCUT2D eigenvalue weighted by molar-refractivity contribution is 5.97. The van der Waals surface area contributed by atoms with Crippen molar-refractivity contribution in [2.45, 2.75) is 26.2 Å². The molecule has 0 saturated carbocycles. The number of nitrogens with zero attached hydrogens (tertiary/aromatic N) is 1. The van der Waals surface area contributed by atoms with E-state index in [2.05, 4.69) is 19.2 Å². The molecule has 2 amide bonds. The largest absolute Gasteiger partial charge is 0.497 e. The number of anilines is 1. The van der Waals surface area contributed by atoms with E-state index < -0.39 is 0 Å². The molecule has 0 aromatic heterocycles. The molecule has 0 radical (unpaired) electrons. The maximum absolute atomic E-state index is 12.5. The van der Waals surface area contributed by atoms with Gasteiger partial charge in [-0.3, -0.25) is 9.59 Å². The molecule has 6 nitrogen and oxygen atoms in total. The summed E-state index contributed by atoms with van der Waals surface area (Å²) in [7, 11) is 1.61. The molecule has 1 heterocycles. The normalized spacial score (nSPS) is 16.2. The van der Waals surface area contributed by atoms with Crippen LogP contribution in [0.25, 0.3) is 0 Å². The van der Waals surface area contributed by atoms with Gasteiger partial charge in [0.25, 0.3) is 0 Å². The highest BCUT2D eigenvalue weighted by atomic mass is 16.5. The van der Waals surface area contributed by atoms with Gasteiger partial charge in [0.05, 0.1) is 19.6 Å². The molecule has 2 aromatic carbocycles. The fourth-order valence-corrected chi connectivity index (χ4v) is 3.31. The van der Waals surface area contributed by atoms with Crippen LogP contribution in [0.5, 0.6) is 11.5 Å². The maximum atomic E-state index is 12.5. The Morgan fingerprint density at radius 1 is 1.10 bits per heavy atom. The summed E-state index contributed by atoms with van der Waals surface area (Å²) in [6.45, 7) is 5.51. The number of carbonyl (C=O) groups is 2. The van der Waals surface area contributed by atoms with Crippen molar-refractivity contribution in [1.29, 1.82) is 0 Å². The monoisotopic (exact) mass is 396 g/mol. The lowest BCUT2D eigenvalue weighted by atomic mass is 10.0. The molecule has 1 aliphatic heterocycles. The van der Waals surface area contributed by atoms with Gasteiger partial charge in [0, 0.05) is 18.7 Å². The third-order valence-electron chi connectivity index (χ3n) is 5.12. The zero-order valence-corrected chi connectivity index (χ0v) is 17.2. The van der Waals surface area contributed by atoms with Gasteiger partial charge in [0.1, 0.15) is 18.1 Å². The average molecular weight is 396 g/mol. The van der Waals surface area contributed by atoms with E-state index in [9.17, 15) is 9.59 Å². The Labute approximate surface area is 171 Å². The molecule has 0 spiro atoms. The predicted octanol–water partition coefficient (Wildman–Crippen LogP) is 3.68. The molecule has 154 valence electrons. The first-order valence-electron chi connectivity index (χ1n) is 9.91. The second-order valence-corrected chi connectivity index (χ2v) is 7.53. The van der Waals surface area contributed by atoms with Crippen molar-refractivity contribution in [1.82, 2.24) is 4.90 Å². The van der Waals surface area contributed by atoms with E-state index in [0.29, 0.717) is 25.6 Å². The highest BCUT2D eigenvalue weighted by Crippen LogP contribution is 2.22. The van der Waals surface area contributed by atoms with E-state index >= 15 is 0 Å². The molecular weight excluding hydrogens is 368 g/mol. The molecule has 1 N–H and O–H groups in total. The van der Waals surface area contributed by atoms with Crippen LogP contribution in [0.15, 0.2) is 48.5 Å². The number of benzene rings is 2. The van der Waals surface area contributed by atoms with Gasteiger partial charge in [-0.05, 0) is 47.9 Å².